The molecule has 2 aromatic carbocycles. The SMILES string of the molecule is O=C(N[C@@H](Cc1ccc(OCCCCC2CCNCC2)cc1)C(=O)O)C1=Nc2ccccc2C1S(=O)O. The summed E-state index contributed by atoms with van der Waals surface area (Å²) in [4.78, 5) is 29.0. The van der Waals surface area contributed by atoms with Crippen LogP contribution < -0.4 is 15.4 Å². The average molecular weight is 528 g/mol. The van der Waals surface area contributed by atoms with Gasteiger partial charge in [0.1, 0.15) is 22.8 Å². The van der Waals surface area contributed by atoms with Gasteiger partial charge in [-0.3, -0.25) is 4.79 Å². The Hall–Kier alpha value is -3.08. The number of fused-ring (bicyclic) bond motifs is 1. The summed E-state index contributed by atoms with van der Waals surface area (Å²) in [5.41, 5.74) is 1.43. The average Bonchev–Trinajstić information content (AvgIpc) is 3.30. The largest absolute Gasteiger partial charge is 0.494 e. The van der Waals surface area contributed by atoms with Gasteiger partial charge < -0.3 is 25.0 Å². The number of benzene rings is 2. The lowest BCUT2D eigenvalue weighted by Gasteiger charge is -2.22. The summed E-state index contributed by atoms with van der Waals surface area (Å²) in [5.74, 6) is -0.454. The highest BCUT2D eigenvalue weighted by Crippen LogP contribution is 2.37. The number of para-hydroxylation sites is 1. The molecule has 0 aromatic heterocycles. The van der Waals surface area contributed by atoms with Crippen molar-refractivity contribution in [2.45, 2.75) is 49.8 Å². The van der Waals surface area contributed by atoms with Crippen molar-refractivity contribution in [3.63, 3.8) is 0 Å². The fourth-order valence-electron chi connectivity index (χ4n) is 4.81. The first-order valence-corrected chi connectivity index (χ1v) is 13.8. The van der Waals surface area contributed by atoms with Gasteiger partial charge in [0.05, 0.1) is 12.3 Å². The topological polar surface area (TPSA) is 137 Å². The molecule has 1 amide bonds. The van der Waals surface area contributed by atoms with Crippen molar-refractivity contribution < 1.29 is 28.2 Å². The van der Waals surface area contributed by atoms with Crippen molar-refractivity contribution in [3.05, 3.63) is 59.7 Å². The molecule has 0 bridgehead atoms. The quantitative estimate of drug-likeness (QED) is 0.245. The molecule has 2 aliphatic rings. The van der Waals surface area contributed by atoms with E-state index in [1.165, 1.54) is 19.3 Å². The van der Waals surface area contributed by atoms with Crippen LogP contribution in [0.4, 0.5) is 5.69 Å². The number of carbonyl (C=O) groups excluding carboxylic acids is 1. The molecule has 2 aliphatic heterocycles. The summed E-state index contributed by atoms with van der Waals surface area (Å²) < 4.78 is 27.5. The number of nitrogens with one attached hydrogen (secondary N) is 2. The molecule has 0 aliphatic carbocycles. The second-order valence-electron chi connectivity index (χ2n) is 9.46. The molecule has 4 N–H and O–H groups in total. The lowest BCUT2D eigenvalue weighted by atomic mass is 9.93. The maximum Gasteiger partial charge on any atom is 0.326 e. The van der Waals surface area contributed by atoms with Crippen LogP contribution in [0.15, 0.2) is 53.5 Å². The van der Waals surface area contributed by atoms with Gasteiger partial charge in [-0.15, -0.1) is 0 Å². The number of carboxylic acids is 1. The van der Waals surface area contributed by atoms with Crippen molar-refractivity contribution in [3.8, 4) is 5.75 Å². The molecule has 0 spiro atoms. The Labute approximate surface area is 219 Å². The van der Waals surface area contributed by atoms with E-state index in [1.54, 1.807) is 48.5 Å². The van der Waals surface area contributed by atoms with Crippen LogP contribution in [0.5, 0.6) is 5.75 Å². The highest BCUT2D eigenvalue weighted by molar-refractivity contribution is 7.80. The Morgan fingerprint density at radius 1 is 1.11 bits per heavy atom. The third kappa shape index (κ3) is 7.24. The van der Waals surface area contributed by atoms with E-state index in [-0.39, 0.29) is 12.1 Å². The van der Waals surface area contributed by atoms with Crippen molar-refractivity contribution >= 4 is 34.4 Å². The van der Waals surface area contributed by atoms with E-state index in [2.05, 4.69) is 15.6 Å². The number of unbranched alkanes of at least 4 members (excludes halogenated alkanes) is 1. The number of carbonyl (C=O) groups is 2. The van der Waals surface area contributed by atoms with Crippen LogP contribution in [0.2, 0.25) is 0 Å². The Morgan fingerprint density at radius 3 is 2.54 bits per heavy atom. The van der Waals surface area contributed by atoms with Gasteiger partial charge in [-0.25, -0.2) is 14.0 Å². The minimum atomic E-state index is -2.38. The maximum absolute atomic E-state index is 12.9. The number of amides is 1. The van der Waals surface area contributed by atoms with Crippen LogP contribution in [0.3, 0.4) is 0 Å². The zero-order chi connectivity index (χ0) is 26.2. The lowest BCUT2D eigenvalue weighted by Crippen LogP contribution is -2.46. The zero-order valence-corrected chi connectivity index (χ0v) is 21.4. The third-order valence-corrected chi connectivity index (χ3v) is 7.72. The summed E-state index contributed by atoms with van der Waals surface area (Å²) >= 11 is -2.38. The minimum Gasteiger partial charge on any atom is -0.494 e. The van der Waals surface area contributed by atoms with Crippen LogP contribution >= 0.6 is 0 Å². The molecular formula is C27H33N3O6S. The number of hydrogen-bond donors (Lipinski definition) is 4. The zero-order valence-electron chi connectivity index (χ0n) is 20.6. The molecule has 37 heavy (non-hydrogen) atoms. The van der Waals surface area contributed by atoms with Crippen LogP contribution in [-0.2, 0) is 27.1 Å². The summed E-state index contributed by atoms with van der Waals surface area (Å²) in [6.07, 6.45) is 5.92. The number of piperidine rings is 1. The van der Waals surface area contributed by atoms with Gasteiger partial charge in [-0.1, -0.05) is 36.8 Å². The molecule has 1 saturated heterocycles. The summed E-state index contributed by atoms with van der Waals surface area (Å²) in [7, 11) is 0. The summed E-state index contributed by atoms with van der Waals surface area (Å²) in [6.45, 7) is 2.87. The maximum atomic E-state index is 12.9. The Balaban J connectivity index is 1.28. The number of aliphatic carboxylic acids is 1. The van der Waals surface area contributed by atoms with Crippen LogP contribution in [-0.4, -0.2) is 57.2 Å². The first-order chi connectivity index (χ1) is 17.9. The molecule has 1 fully saturated rings. The second kappa shape index (κ2) is 12.9. The van der Waals surface area contributed by atoms with Crippen LogP contribution in [0.1, 0.15) is 48.5 Å². The molecule has 10 heteroatoms. The smallest absolute Gasteiger partial charge is 0.326 e. The van der Waals surface area contributed by atoms with Crippen molar-refractivity contribution in [2.24, 2.45) is 10.9 Å². The molecule has 9 nitrogen and oxygen atoms in total. The Bertz CT molecular complexity index is 1150. The fraction of sp³-hybridized carbons (Fsp3) is 0.444. The summed E-state index contributed by atoms with van der Waals surface area (Å²) in [6, 6.07) is 12.6. The number of aliphatic imine (C=N–C) groups is 1. The van der Waals surface area contributed by atoms with Gasteiger partial charge in [-0.05, 0) is 68.5 Å². The van der Waals surface area contributed by atoms with E-state index >= 15 is 0 Å². The highest BCUT2D eigenvalue weighted by Gasteiger charge is 2.37. The van der Waals surface area contributed by atoms with Gasteiger partial charge in [-0.2, -0.15) is 0 Å². The van der Waals surface area contributed by atoms with E-state index in [0.29, 0.717) is 29.2 Å². The fourth-order valence-corrected chi connectivity index (χ4v) is 5.57. The summed E-state index contributed by atoms with van der Waals surface area (Å²) in [5, 5.41) is 14.4. The van der Waals surface area contributed by atoms with Gasteiger partial charge in [0.25, 0.3) is 5.91 Å². The van der Waals surface area contributed by atoms with E-state index < -0.39 is 34.2 Å². The molecule has 2 heterocycles. The van der Waals surface area contributed by atoms with Crippen molar-refractivity contribution in [2.75, 3.05) is 19.7 Å². The standard InChI is InChI=1S/C27H33N3O6S/c31-26(24-25(37(34)35)21-6-1-2-7-22(21)29-24)30-23(27(32)33)17-19-8-10-20(11-9-19)36-16-4-3-5-18-12-14-28-15-13-18/h1-2,6-11,18,23,25,28H,3-5,12-17H2,(H,30,31)(H,32,33)(H,34,35)/t23-,25?/m0/s1. The molecule has 3 atom stereocenters. The van der Waals surface area contributed by atoms with Gasteiger partial charge in [0.2, 0.25) is 0 Å². The molecule has 0 radical (unpaired) electrons. The van der Waals surface area contributed by atoms with Gasteiger partial charge in [0, 0.05) is 12.0 Å². The number of carboxylic acid groups (broad SMARTS) is 1. The van der Waals surface area contributed by atoms with Gasteiger partial charge >= 0.3 is 5.97 Å². The van der Waals surface area contributed by atoms with E-state index in [4.69, 9.17) is 4.74 Å². The molecule has 0 saturated carbocycles. The first kappa shape index (κ1) is 27.0. The van der Waals surface area contributed by atoms with Crippen LogP contribution in [0, 0.1) is 5.92 Å². The Kier molecular flexibility index (Phi) is 9.43. The van der Waals surface area contributed by atoms with Crippen molar-refractivity contribution in [1.82, 2.24) is 10.6 Å². The number of rotatable bonds is 12. The Morgan fingerprint density at radius 2 is 1.84 bits per heavy atom. The highest BCUT2D eigenvalue weighted by atomic mass is 32.2. The van der Waals surface area contributed by atoms with E-state index in [0.717, 1.165) is 31.8 Å². The minimum absolute atomic E-state index is 0.0463. The van der Waals surface area contributed by atoms with E-state index in [1.807, 2.05) is 0 Å². The number of ether oxygens (including phenoxy) is 1. The second-order valence-corrected chi connectivity index (χ2v) is 10.5. The third-order valence-electron chi connectivity index (χ3n) is 6.84. The predicted molar refractivity (Wildman–Crippen MR) is 142 cm³/mol. The van der Waals surface area contributed by atoms with Crippen molar-refractivity contribution in [1.29, 1.82) is 0 Å². The molecule has 2 unspecified atom stereocenters. The number of nitrogens with zero attached hydrogens (tertiary/aromatic N) is 1. The number of hydrogen-bond acceptors (Lipinski definition) is 6. The lowest BCUT2D eigenvalue weighted by molar-refractivity contribution is -0.141. The van der Waals surface area contributed by atoms with E-state index in [9.17, 15) is 23.5 Å². The molecule has 2 aromatic rings. The van der Waals surface area contributed by atoms with Gasteiger partial charge in [0.15, 0.2) is 11.1 Å². The normalized spacial score (nSPS) is 18.9. The van der Waals surface area contributed by atoms with Crippen LogP contribution in [0.25, 0.3) is 0 Å². The molecule has 4 rings (SSSR count). The molecule has 198 valence electrons. The predicted octanol–water partition coefficient (Wildman–Crippen LogP) is 3.40. The molecular weight excluding hydrogens is 494 g/mol. The first-order valence-electron chi connectivity index (χ1n) is 12.7. The monoisotopic (exact) mass is 527 g/mol.